The second-order valence-electron chi connectivity index (χ2n) is 8.42. The molecule has 0 spiro atoms. The molecule has 12 heteroatoms. The maximum Gasteiger partial charge on any atom is 0.407 e. The molecule has 2 aromatic heterocycles. The molecule has 188 valence electrons. The lowest BCUT2D eigenvalue weighted by molar-refractivity contribution is 0.119. The number of aromatic nitrogens is 3. The van der Waals surface area contributed by atoms with E-state index in [1.54, 1.807) is 29.2 Å². The number of anilines is 1. The van der Waals surface area contributed by atoms with Crippen LogP contribution in [0.25, 0.3) is 32.9 Å². The zero-order chi connectivity index (χ0) is 26.3. The van der Waals surface area contributed by atoms with Crippen LogP contribution in [0.5, 0.6) is 6.01 Å². The predicted molar refractivity (Wildman–Crippen MR) is 133 cm³/mol. The molecule has 1 amide bonds. The average Bonchev–Trinajstić information content (AvgIpc) is 2.90. The van der Waals surface area contributed by atoms with Gasteiger partial charge in [0.2, 0.25) is 0 Å². The number of ether oxygens (including phenoxy) is 1. The highest BCUT2D eigenvalue weighted by Crippen LogP contribution is 2.38. The topological polar surface area (TPSA) is 115 Å². The first-order valence-corrected chi connectivity index (χ1v) is 11.6. The Bertz CT molecular complexity index is 1600. The van der Waals surface area contributed by atoms with Gasteiger partial charge in [-0.15, -0.1) is 0 Å². The number of nitrogens with zero attached hydrogens (tertiary/aromatic N) is 6. The van der Waals surface area contributed by atoms with Crippen LogP contribution in [0.1, 0.15) is 6.42 Å². The van der Waals surface area contributed by atoms with Gasteiger partial charge in [-0.2, -0.15) is 15.2 Å². The number of carbonyl (C=O) groups is 1. The van der Waals surface area contributed by atoms with Gasteiger partial charge >= 0.3 is 12.1 Å². The summed E-state index contributed by atoms with van der Waals surface area (Å²) in [5, 5.41) is 19.8. The van der Waals surface area contributed by atoms with Crippen molar-refractivity contribution in [2.24, 2.45) is 0 Å². The maximum atomic E-state index is 16.1. The van der Waals surface area contributed by atoms with Crippen LogP contribution >= 0.6 is 11.6 Å². The molecule has 0 saturated carbocycles. The summed E-state index contributed by atoms with van der Waals surface area (Å²) in [4.78, 5) is 27.5. The van der Waals surface area contributed by atoms with Crippen molar-refractivity contribution in [1.29, 1.82) is 5.26 Å². The Kier molecular flexibility index (Phi) is 6.35. The Hall–Kier alpha value is -4.30. The molecule has 1 atom stereocenters. The second kappa shape index (κ2) is 9.63. The van der Waals surface area contributed by atoms with E-state index in [1.807, 2.05) is 6.07 Å². The SMILES string of the molecule is COc1nc(N2CCN(C(=O)O)[C@@H](CC#N)C2)c2cnc(-c3cccc4ccc(F)c(Cl)c34)c(F)c2n1. The molecule has 1 aliphatic rings. The molecule has 0 radical (unpaired) electrons. The molecule has 3 heterocycles. The number of halogens is 3. The average molecular weight is 525 g/mol. The Morgan fingerprint density at radius 2 is 2.08 bits per heavy atom. The zero-order valence-electron chi connectivity index (χ0n) is 19.5. The van der Waals surface area contributed by atoms with Crippen molar-refractivity contribution in [3.63, 3.8) is 0 Å². The summed E-state index contributed by atoms with van der Waals surface area (Å²) in [6.45, 7) is 0.547. The molecule has 0 unspecified atom stereocenters. The van der Waals surface area contributed by atoms with Crippen molar-refractivity contribution < 1.29 is 23.4 Å². The molecule has 2 aromatic carbocycles. The molecule has 5 rings (SSSR count). The van der Waals surface area contributed by atoms with Gasteiger partial charge in [0.05, 0.1) is 36.1 Å². The molecule has 1 aliphatic heterocycles. The van der Waals surface area contributed by atoms with E-state index in [1.165, 1.54) is 24.3 Å². The molecule has 9 nitrogen and oxygen atoms in total. The number of hydrogen-bond donors (Lipinski definition) is 1. The Labute approximate surface area is 214 Å². The quantitative estimate of drug-likeness (QED) is 0.402. The molecule has 0 bridgehead atoms. The summed E-state index contributed by atoms with van der Waals surface area (Å²) in [6, 6.07) is 9.14. The van der Waals surface area contributed by atoms with E-state index in [0.29, 0.717) is 22.2 Å². The lowest BCUT2D eigenvalue weighted by Crippen LogP contribution is -2.55. The minimum Gasteiger partial charge on any atom is -0.467 e. The summed E-state index contributed by atoms with van der Waals surface area (Å²) in [5.41, 5.74) is 0.147. The van der Waals surface area contributed by atoms with Crippen LogP contribution in [0.2, 0.25) is 5.02 Å². The standard InChI is InChI=1S/C25H19ClF2N6O3/c1-37-24-31-22-16(23(32-24)33-9-10-34(25(35)36)14(12-33)7-8-29)11-30-21(20(22)28)15-4-2-3-13-5-6-17(27)19(26)18(13)15/h2-6,11,14H,7,9-10,12H2,1H3,(H,35,36)/t14-/m0/s1. The molecule has 1 N–H and O–H groups in total. The number of methoxy groups -OCH3 is 1. The summed E-state index contributed by atoms with van der Waals surface area (Å²) < 4.78 is 35.6. The van der Waals surface area contributed by atoms with Gasteiger partial charge < -0.3 is 19.6 Å². The van der Waals surface area contributed by atoms with Crippen LogP contribution in [-0.2, 0) is 0 Å². The molecule has 37 heavy (non-hydrogen) atoms. The van der Waals surface area contributed by atoms with Gasteiger partial charge in [-0.1, -0.05) is 35.9 Å². The number of benzene rings is 2. The molecular weight excluding hydrogens is 506 g/mol. The van der Waals surface area contributed by atoms with Crippen LogP contribution in [0.4, 0.5) is 19.4 Å². The van der Waals surface area contributed by atoms with Crippen molar-refractivity contribution in [2.45, 2.75) is 12.5 Å². The van der Waals surface area contributed by atoms with E-state index in [9.17, 15) is 19.6 Å². The van der Waals surface area contributed by atoms with Crippen LogP contribution in [0, 0.1) is 23.0 Å². The fourth-order valence-corrected chi connectivity index (χ4v) is 4.90. The number of hydrogen-bond acceptors (Lipinski definition) is 7. The monoisotopic (exact) mass is 524 g/mol. The van der Waals surface area contributed by atoms with E-state index < -0.39 is 23.8 Å². The van der Waals surface area contributed by atoms with Crippen LogP contribution in [0.3, 0.4) is 0 Å². The van der Waals surface area contributed by atoms with Crippen LogP contribution in [0.15, 0.2) is 36.5 Å². The third kappa shape index (κ3) is 4.19. The van der Waals surface area contributed by atoms with E-state index in [4.69, 9.17) is 16.3 Å². The van der Waals surface area contributed by atoms with Gasteiger partial charge in [-0.25, -0.2) is 13.6 Å². The number of nitriles is 1. The maximum absolute atomic E-state index is 16.1. The first-order chi connectivity index (χ1) is 17.8. The fourth-order valence-electron chi connectivity index (χ4n) is 4.63. The van der Waals surface area contributed by atoms with Crippen molar-refractivity contribution in [1.82, 2.24) is 19.9 Å². The summed E-state index contributed by atoms with van der Waals surface area (Å²) in [6.07, 6.45) is 0.280. The number of fused-ring (bicyclic) bond motifs is 2. The summed E-state index contributed by atoms with van der Waals surface area (Å²) >= 11 is 6.25. The normalized spacial score (nSPS) is 15.7. The molecule has 0 aliphatic carbocycles. The van der Waals surface area contributed by atoms with Gasteiger partial charge in [0.1, 0.15) is 22.8 Å². The number of carboxylic acid groups (broad SMARTS) is 1. The second-order valence-corrected chi connectivity index (χ2v) is 8.80. The van der Waals surface area contributed by atoms with Gasteiger partial charge in [-0.3, -0.25) is 4.98 Å². The lowest BCUT2D eigenvalue weighted by atomic mass is 10.0. The smallest absolute Gasteiger partial charge is 0.407 e. The number of amides is 1. The highest BCUT2D eigenvalue weighted by Gasteiger charge is 2.32. The van der Waals surface area contributed by atoms with Gasteiger partial charge in [0, 0.05) is 36.8 Å². The minimum atomic E-state index is -1.12. The van der Waals surface area contributed by atoms with Crippen molar-refractivity contribution >= 4 is 45.2 Å². The van der Waals surface area contributed by atoms with E-state index in [-0.39, 0.29) is 53.7 Å². The zero-order valence-corrected chi connectivity index (χ0v) is 20.2. The van der Waals surface area contributed by atoms with Gasteiger partial charge in [0.25, 0.3) is 0 Å². The molecule has 1 saturated heterocycles. The van der Waals surface area contributed by atoms with E-state index in [2.05, 4.69) is 15.0 Å². The first-order valence-electron chi connectivity index (χ1n) is 11.2. The van der Waals surface area contributed by atoms with Crippen molar-refractivity contribution in [3.05, 3.63) is 53.2 Å². The van der Waals surface area contributed by atoms with Crippen LogP contribution < -0.4 is 9.64 Å². The van der Waals surface area contributed by atoms with E-state index in [0.717, 1.165) is 0 Å². The summed E-state index contributed by atoms with van der Waals surface area (Å²) in [7, 11) is 1.35. The molecule has 4 aromatic rings. The molecular formula is C25H19ClF2N6O3. The lowest BCUT2D eigenvalue weighted by Gasteiger charge is -2.39. The van der Waals surface area contributed by atoms with Gasteiger partial charge in [0.15, 0.2) is 5.82 Å². The third-order valence-corrected chi connectivity index (χ3v) is 6.74. The minimum absolute atomic E-state index is 0.0158. The van der Waals surface area contributed by atoms with Crippen molar-refractivity contribution in [2.75, 3.05) is 31.6 Å². The number of pyridine rings is 1. The summed E-state index contributed by atoms with van der Waals surface area (Å²) in [5.74, 6) is -1.11. The van der Waals surface area contributed by atoms with E-state index >= 15 is 4.39 Å². The number of rotatable bonds is 4. The Morgan fingerprint density at radius 3 is 2.81 bits per heavy atom. The third-order valence-electron chi connectivity index (χ3n) is 6.37. The Morgan fingerprint density at radius 1 is 1.27 bits per heavy atom. The largest absolute Gasteiger partial charge is 0.467 e. The van der Waals surface area contributed by atoms with Gasteiger partial charge in [-0.05, 0) is 11.5 Å². The number of piperazine rings is 1. The highest BCUT2D eigenvalue weighted by molar-refractivity contribution is 6.36. The highest BCUT2D eigenvalue weighted by atomic mass is 35.5. The fraction of sp³-hybridized carbons (Fsp3) is 0.240. The first kappa shape index (κ1) is 24.4. The molecule has 1 fully saturated rings. The van der Waals surface area contributed by atoms with Crippen LogP contribution in [-0.4, -0.2) is 63.8 Å². The predicted octanol–water partition coefficient (Wildman–Crippen LogP) is 4.87. The van der Waals surface area contributed by atoms with Crippen molar-refractivity contribution in [3.8, 4) is 23.3 Å². The Balaban J connectivity index is 1.67.